The number of carbonyl (C=O) groups excluding carboxylic acids is 1. The van der Waals surface area contributed by atoms with Crippen molar-refractivity contribution in [2.45, 2.75) is 27.3 Å². The molecule has 2 aromatic heterocycles. The van der Waals surface area contributed by atoms with Gasteiger partial charge in [-0.3, -0.25) is 0 Å². The Hall–Kier alpha value is -2.47. The number of aryl methyl sites for hydroxylation is 2. The van der Waals surface area contributed by atoms with E-state index in [4.69, 9.17) is 4.74 Å². The molecular formula is C18H19N3O2S. The third-order valence-electron chi connectivity index (χ3n) is 3.77. The summed E-state index contributed by atoms with van der Waals surface area (Å²) in [7, 11) is 0. The minimum atomic E-state index is -0.303. The minimum Gasteiger partial charge on any atom is -0.462 e. The summed E-state index contributed by atoms with van der Waals surface area (Å²) in [6.07, 6.45) is 1.52. The zero-order valence-corrected chi connectivity index (χ0v) is 14.7. The average Bonchev–Trinajstić information content (AvgIpc) is 2.92. The molecule has 1 aromatic carbocycles. The molecule has 6 heteroatoms. The van der Waals surface area contributed by atoms with Crippen LogP contribution in [0.15, 0.2) is 30.6 Å². The fourth-order valence-corrected chi connectivity index (χ4v) is 3.53. The summed E-state index contributed by atoms with van der Waals surface area (Å²) >= 11 is 1.34. The van der Waals surface area contributed by atoms with Gasteiger partial charge in [0.25, 0.3) is 0 Å². The van der Waals surface area contributed by atoms with Gasteiger partial charge in [-0.15, -0.1) is 11.3 Å². The average molecular weight is 341 g/mol. The third-order valence-corrected chi connectivity index (χ3v) is 4.95. The number of ether oxygens (including phenoxy) is 1. The summed E-state index contributed by atoms with van der Waals surface area (Å²) in [4.78, 5) is 22.1. The molecule has 0 saturated heterocycles. The summed E-state index contributed by atoms with van der Waals surface area (Å²) in [5.74, 6) is 0.437. The number of anilines is 1. The number of nitrogens with zero attached hydrogens (tertiary/aromatic N) is 2. The zero-order chi connectivity index (χ0) is 17.1. The van der Waals surface area contributed by atoms with E-state index in [1.165, 1.54) is 28.8 Å². The largest absolute Gasteiger partial charge is 0.462 e. The van der Waals surface area contributed by atoms with E-state index in [1.54, 1.807) is 6.92 Å². The first kappa shape index (κ1) is 16.4. The number of esters is 1. The number of hydrogen-bond acceptors (Lipinski definition) is 6. The van der Waals surface area contributed by atoms with Crippen molar-refractivity contribution >= 4 is 33.3 Å². The van der Waals surface area contributed by atoms with Crippen molar-refractivity contribution in [2.24, 2.45) is 0 Å². The van der Waals surface area contributed by atoms with Gasteiger partial charge in [0.2, 0.25) is 0 Å². The summed E-state index contributed by atoms with van der Waals surface area (Å²) < 4.78 is 5.12. The molecule has 1 N–H and O–H groups in total. The maximum absolute atomic E-state index is 12.1. The van der Waals surface area contributed by atoms with Crippen LogP contribution < -0.4 is 5.32 Å². The van der Waals surface area contributed by atoms with Gasteiger partial charge in [0.05, 0.1) is 12.0 Å². The van der Waals surface area contributed by atoms with Crippen LogP contribution in [0.3, 0.4) is 0 Å². The van der Waals surface area contributed by atoms with E-state index in [9.17, 15) is 4.79 Å². The number of benzene rings is 1. The highest BCUT2D eigenvalue weighted by Crippen LogP contribution is 2.33. The molecule has 2 heterocycles. The van der Waals surface area contributed by atoms with Gasteiger partial charge in [-0.1, -0.05) is 29.8 Å². The van der Waals surface area contributed by atoms with Crippen molar-refractivity contribution in [3.8, 4) is 0 Å². The molecule has 0 aliphatic heterocycles. The quantitative estimate of drug-likeness (QED) is 0.708. The molecule has 0 bridgehead atoms. The highest BCUT2D eigenvalue weighted by Gasteiger charge is 2.20. The first-order valence-electron chi connectivity index (χ1n) is 7.80. The number of hydrogen-bond donors (Lipinski definition) is 1. The molecule has 0 aliphatic carbocycles. The lowest BCUT2D eigenvalue weighted by Gasteiger charge is -2.08. The Labute approximate surface area is 144 Å². The molecular weight excluding hydrogens is 322 g/mol. The third kappa shape index (κ3) is 3.23. The van der Waals surface area contributed by atoms with Crippen molar-refractivity contribution in [1.29, 1.82) is 0 Å². The van der Waals surface area contributed by atoms with Crippen LogP contribution in [0.5, 0.6) is 0 Å². The molecule has 0 saturated carbocycles. The fraction of sp³-hybridized carbons (Fsp3) is 0.278. The van der Waals surface area contributed by atoms with Crippen molar-refractivity contribution in [3.05, 3.63) is 52.2 Å². The van der Waals surface area contributed by atoms with Crippen molar-refractivity contribution < 1.29 is 9.53 Å². The molecule has 0 radical (unpaired) electrons. The molecule has 124 valence electrons. The number of rotatable bonds is 5. The molecule has 24 heavy (non-hydrogen) atoms. The summed E-state index contributed by atoms with van der Waals surface area (Å²) in [5, 5.41) is 4.24. The summed E-state index contributed by atoms with van der Waals surface area (Å²) in [6.45, 7) is 6.80. The summed E-state index contributed by atoms with van der Waals surface area (Å²) in [5.41, 5.74) is 3.27. The predicted molar refractivity (Wildman–Crippen MR) is 96.6 cm³/mol. The molecule has 3 rings (SSSR count). The van der Waals surface area contributed by atoms with Crippen LogP contribution in [-0.2, 0) is 11.3 Å². The van der Waals surface area contributed by atoms with E-state index in [1.807, 2.05) is 6.92 Å². The van der Waals surface area contributed by atoms with E-state index >= 15 is 0 Å². The van der Waals surface area contributed by atoms with Gasteiger partial charge in [-0.05, 0) is 31.9 Å². The van der Waals surface area contributed by atoms with Crippen LogP contribution in [0.4, 0.5) is 5.82 Å². The molecule has 5 nitrogen and oxygen atoms in total. The standard InChI is InChI=1S/C18H19N3O2S/c1-4-23-18(22)15-12(3)14-16(20-10-21-17(14)24-15)19-9-13-7-5-11(2)6-8-13/h5-8,10H,4,9H2,1-3H3,(H,19,20,21). The second-order valence-electron chi connectivity index (χ2n) is 5.52. The number of fused-ring (bicyclic) bond motifs is 1. The van der Waals surface area contributed by atoms with Crippen molar-refractivity contribution in [1.82, 2.24) is 9.97 Å². The Bertz CT molecular complexity index is 872. The normalized spacial score (nSPS) is 10.8. The van der Waals surface area contributed by atoms with Crippen LogP contribution >= 0.6 is 11.3 Å². The van der Waals surface area contributed by atoms with E-state index in [2.05, 4.69) is 46.5 Å². The van der Waals surface area contributed by atoms with Crippen LogP contribution in [0.2, 0.25) is 0 Å². The van der Waals surface area contributed by atoms with Crippen molar-refractivity contribution in [2.75, 3.05) is 11.9 Å². The SMILES string of the molecule is CCOC(=O)c1sc2ncnc(NCc3ccc(C)cc3)c2c1C. The molecule has 3 aromatic rings. The van der Waals surface area contributed by atoms with Gasteiger partial charge >= 0.3 is 5.97 Å². The second-order valence-corrected chi connectivity index (χ2v) is 6.52. The zero-order valence-electron chi connectivity index (χ0n) is 13.9. The molecule has 0 unspecified atom stereocenters. The topological polar surface area (TPSA) is 64.1 Å². The van der Waals surface area contributed by atoms with E-state index in [-0.39, 0.29) is 5.97 Å². The molecule has 0 spiro atoms. The smallest absolute Gasteiger partial charge is 0.348 e. The van der Waals surface area contributed by atoms with Gasteiger partial charge in [0.1, 0.15) is 21.9 Å². The first-order chi connectivity index (χ1) is 11.6. The second kappa shape index (κ2) is 6.97. The Kier molecular flexibility index (Phi) is 4.76. The predicted octanol–water partition coefficient (Wildman–Crippen LogP) is 4.10. The summed E-state index contributed by atoms with van der Waals surface area (Å²) in [6, 6.07) is 8.35. The lowest BCUT2D eigenvalue weighted by Crippen LogP contribution is -2.04. The van der Waals surface area contributed by atoms with Gasteiger partial charge in [0.15, 0.2) is 0 Å². The maximum Gasteiger partial charge on any atom is 0.348 e. The van der Waals surface area contributed by atoms with Gasteiger partial charge in [0, 0.05) is 6.54 Å². The minimum absolute atomic E-state index is 0.303. The first-order valence-corrected chi connectivity index (χ1v) is 8.62. The Morgan fingerprint density at radius 1 is 1.21 bits per heavy atom. The van der Waals surface area contributed by atoms with Gasteiger partial charge in [-0.2, -0.15) is 0 Å². The van der Waals surface area contributed by atoms with Crippen LogP contribution in [0, 0.1) is 13.8 Å². The molecule has 0 aliphatic rings. The van der Waals surface area contributed by atoms with Crippen molar-refractivity contribution in [3.63, 3.8) is 0 Å². The Balaban J connectivity index is 1.90. The number of thiophene rings is 1. The van der Waals surface area contributed by atoms with Gasteiger partial charge in [-0.25, -0.2) is 14.8 Å². The monoisotopic (exact) mass is 341 g/mol. The lowest BCUT2D eigenvalue weighted by atomic mass is 10.1. The van der Waals surface area contributed by atoms with Gasteiger partial charge < -0.3 is 10.1 Å². The number of carbonyl (C=O) groups is 1. The number of aromatic nitrogens is 2. The number of nitrogens with one attached hydrogen (secondary N) is 1. The van der Waals surface area contributed by atoms with Crippen LogP contribution in [0.1, 0.15) is 33.3 Å². The van der Waals surface area contributed by atoms with Crippen LogP contribution in [-0.4, -0.2) is 22.5 Å². The Morgan fingerprint density at radius 2 is 1.96 bits per heavy atom. The highest BCUT2D eigenvalue weighted by atomic mass is 32.1. The molecule has 0 fully saturated rings. The fourth-order valence-electron chi connectivity index (χ4n) is 2.49. The van der Waals surface area contributed by atoms with Crippen LogP contribution in [0.25, 0.3) is 10.2 Å². The highest BCUT2D eigenvalue weighted by molar-refractivity contribution is 7.20. The van der Waals surface area contributed by atoms with E-state index < -0.39 is 0 Å². The lowest BCUT2D eigenvalue weighted by molar-refractivity contribution is 0.0531. The molecule has 0 atom stereocenters. The van der Waals surface area contributed by atoms with E-state index in [0.717, 1.165) is 21.6 Å². The Morgan fingerprint density at radius 3 is 2.67 bits per heavy atom. The molecule has 0 amide bonds. The maximum atomic E-state index is 12.1. The van der Waals surface area contributed by atoms with E-state index in [0.29, 0.717) is 18.0 Å².